The van der Waals surface area contributed by atoms with E-state index in [2.05, 4.69) is 36.4 Å². The molecule has 11 rings (SSSR count). The number of anilines is 3. The van der Waals surface area contributed by atoms with Gasteiger partial charge in [-0.1, -0.05) is 53.8 Å². The number of aromatic carboxylic acids is 1. The predicted molar refractivity (Wildman–Crippen MR) is 288 cm³/mol. The highest BCUT2D eigenvalue weighted by Gasteiger charge is 2.33. The molecular weight excluding hydrogens is 971 g/mol. The van der Waals surface area contributed by atoms with Gasteiger partial charge in [0.15, 0.2) is 10.8 Å². The smallest absolute Gasteiger partial charge is 0.355 e. The lowest BCUT2D eigenvalue weighted by Crippen LogP contribution is -2.54. The van der Waals surface area contributed by atoms with Gasteiger partial charge >= 0.3 is 5.97 Å². The van der Waals surface area contributed by atoms with Gasteiger partial charge < -0.3 is 29.4 Å². The number of carbonyl (C=O) groups is 5. The number of nitrogens with one attached hydrogen (secondary N) is 2. The topological polar surface area (TPSA) is 199 Å². The highest BCUT2D eigenvalue weighted by atomic mass is 32.1. The van der Waals surface area contributed by atoms with Crippen molar-refractivity contribution in [1.29, 1.82) is 0 Å². The zero-order chi connectivity index (χ0) is 51.7. The van der Waals surface area contributed by atoms with E-state index in [0.29, 0.717) is 105 Å². The highest BCUT2D eigenvalue weighted by molar-refractivity contribution is 7.22. The summed E-state index contributed by atoms with van der Waals surface area (Å²) in [5.74, 6) is -0.975. The van der Waals surface area contributed by atoms with E-state index in [1.807, 2.05) is 113 Å². The van der Waals surface area contributed by atoms with Crippen molar-refractivity contribution in [2.45, 2.75) is 45.1 Å². The van der Waals surface area contributed by atoms with E-state index in [-0.39, 0.29) is 29.3 Å². The average molecular weight is 1030 g/mol. The number of nitrogens with zero attached hydrogens (tertiary/aromatic N) is 9. The molecule has 3 saturated heterocycles. The highest BCUT2D eigenvalue weighted by Crippen LogP contribution is 2.36. The third-order valence-electron chi connectivity index (χ3n) is 15.1. The second kappa shape index (κ2) is 21.2. The minimum absolute atomic E-state index is 0.0409. The third-order valence-corrected chi connectivity index (χ3v) is 16.0. The monoisotopic (exact) mass is 1030 g/mol. The number of aromatic nitrogens is 4. The summed E-state index contributed by atoms with van der Waals surface area (Å²) in [6.07, 6.45) is 2.25. The van der Waals surface area contributed by atoms with Crippen LogP contribution in [0.15, 0.2) is 91.0 Å². The summed E-state index contributed by atoms with van der Waals surface area (Å²) in [5.41, 5.74) is 8.13. The van der Waals surface area contributed by atoms with Crippen LogP contribution in [0.3, 0.4) is 0 Å². The van der Waals surface area contributed by atoms with Gasteiger partial charge in [-0.3, -0.25) is 39.4 Å². The number of ether oxygens (including phenoxy) is 1. The average Bonchev–Trinajstić information content (AvgIpc) is 3.99. The van der Waals surface area contributed by atoms with Crippen LogP contribution in [0.25, 0.3) is 32.2 Å². The maximum absolute atomic E-state index is 13.6. The van der Waals surface area contributed by atoms with Crippen molar-refractivity contribution in [2.75, 3.05) is 93.7 Å². The molecule has 0 bridgehead atoms. The molecule has 0 aliphatic carbocycles. The van der Waals surface area contributed by atoms with Gasteiger partial charge in [0, 0.05) is 102 Å². The molecule has 1 atom stereocenters. The number of amides is 4. The number of carbonyl (C=O) groups excluding carboxylic acids is 4. The van der Waals surface area contributed by atoms with Crippen LogP contribution in [0, 0.1) is 6.92 Å². The van der Waals surface area contributed by atoms with Crippen LogP contribution in [0.4, 0.5) is 16.6 Å². The van der Waals surface area contributed by atoms with Gasteiger partial charge in [-0.25, -0.2) is 14.8 Å². The summed E-state index contributed by atoms with van der Waals surface area (Å²) in [5, 5.41) is 22.1. The first-order chi connectivity index (χ1) is 36.4. The van der Waals surface area contributed by atoms with E-state index in [1.54, 1.807) is 0 Å². The Bertz CT molecular complexity index is 3330. The fraction of sp³-hybridized carbons (Fsp3) is 0.357. The number of carboxylic acids is 1. The summed E-state index contributed by atoms with van der Waals surface area (Å²) in [7, 11) is 1.89. The number of thiazole rings is 1. The van der Waals surface area contributed by atoms with E-state index in [4.69, 9.17) is 14.8 Å². The number of imide groups is 1. The Hall–Kier alpha value is -7.74. The molecule has 4 aliphatic rings. The Morgan fingerprint density at radius 2 is 1.61 bits per heavy atom. The number of aryl methyl sites for hydroxylation is 2. The summed E-state index contributed by atoms with van der Waals surface area (Å²) in [6, 6.07) is 29.0. The first-order valence-corrected chi connectivity index (χ1v) is 26.5. The van der Waals surface area contributed by atoms with Crippen molar-refractivity contribution in [3.63, 3.8) is 0 Å². The molecule has 0 radical (unpaired) electrons. The quantitative estimate of drug-likeness (QED) is 0.0808. The molecule has 4 aliphatic heterocycles. The van der Waals surface area contributed by atoms with Crippen LogP contribution in [-0.4, -0.2) is 148 Å². The van der Waals surface area contributed by atoms with Gasteiger partial charge in [0.1, 0.15) is 11.6 Å². The van der Waals surface area contributed by atoms with Gasteiger partial charge in [-0.2, -0.15) is 5.10 Å². The molecule has 4 aromatic carbocycles. The maximum Gasteiger partial charge on any atom is 0.355 e. The van der Waals surface area contributed by atoms with Crippen molar-refractivity contribution in [3.8, 4) is 16.9 Å². The first kappa shape index (κ1) is 49.5. The van der Waals surface area contributed by atoms with Crippen molar-refractivity contribution in [2.24, 2.45) is 7.05 Å². The van der Waals surface area contributed by atoms with Crippen LogP contribution < -0.4 is 25.2 Å². The van der Waals surface area contributed by atoms with Crippen molar-refractivity contribution >= 4 is 78.7 Å². The summed E-state index contributed by atoms with van der Waals surface area (Å²) in [4.78, 5) is 84.6. The molecule has 0 saturated carbocycles. The Morgan fingerprint density at radius 3 is 2.40 bits per heavy atom. The van der Waals surface area contributed by atoms with Crippen molar-refractivity contribution in [3.05, 3.63) is 125 Å². The van der Waals surface area contributed by atoms with E-state index in [9.17, 15) is 29.1 Å². The molecule has 1 unspecified atom stereocenters. The third kappa shape index (κ3) is 10.4. The lowest BCUT2D eigenvalue weighted by atomic mass is 9.92. The maximum atomic E-state index is 13.6. The Labute approximate surface area is 437 Å². The van der Waals surface area contributed by atoms with Crippen LogP contribution in [0.5, 0.6) is 5.75 Å². The molecule has 0 spiro atoms. The molecular formula is C56H59N11O7S. The lowest BCUT2D eigenvalue weighted by molar-refractivity contribution is -0.135. The molecule has 75 heavy (non-hydrogen) atoms. The molecule has 4 amide bonds. The number of pyridine rings is 1. The normalized spacial score (nSPS) is 17.6. The van der Waals surface area contributed by atoms with Gasteiger partial charge in [0.05, 0.1) is 46.2 Å². The zero-order valence-electron chi connectivity index (χ0n) is 42.1. The largest absolute Gasteiger partial charge is 0.494 e. The van der Waals surface area contributed by atoms with Gasteiger partial charge in [0.2, 0.25) is 17.7 Å². The van der Waals surface area contributed by atoms with Crippen LogP contribution in [0.2, 0.25) is 0 Å². The number of fused-ring (bicyclic) bond motifs is 3. The minimum Gasteiger partial charge on any atom is -0.494 e. The van der Waals surface area contributed by atoms with E-state index in [1.165, 1.54) is 11.3 Å². The number of hydrogen-bond donors (Lipinski definition) is 3. The second-order valence-electron chi connectivity index (χ2n) is 19.8. The van der Waals surface area contributed by atoms with E-state index < -0.39 is 11.9 Å². The Kier molecular flexibility index (Phi) is 14.0. The standard InChI is InChI=1S/C56H59N11O7S/c1-35-32-37(14-15-38(35)39-16-18-47(58-51(39)55(72)73)67-22-20-36-8-5-9-40(43(36)33-67)53(70)60-56-57-44-11-3-4-13-46(44)75-56)74-31-7-21-63-23-25-64(26-24-63)34-49(69)66-29-27-65(28-30-66)45-12-6-10-41-50(61-62(2)52(41)45)42-17-19-48(68)59-54(42)71/h3-6,8-16,18,32,42H,7,17,19-31,33-34H2,1-2H3,(H,72,73)(H,57,60,70)(H,59,68,71). The fourth-order valence-corrected chi connectivity index (χ4v) is 11.9. The Balaban J connectivity index is 0.633. The number of hydrogen-bond acceptors (Lipinski definition) is 14. The van der Waals surface area contributed by atoms with Crippen molar-refractivity contribution in [1.82, 2.24) is 39.8 Å². The van der Waals surface area contributed by atoms with Crippen LogP contribution in [-0.2, 0) is 34.4 Å². The molecule has 3 aromatic heterocycles. The molecule has 3 N–H and O–H groups in total. The van der Waals surface area contributed by atoms with Gasteiger partial charge in [0.25, 0.3) is 5.91 Å². The summed E-state index contributed by atoms with van der Waals surface area (Å²) >= 11 is 1.43. The lowest BCUT2D eigenvalue weighted by Gasteiger charge is -2.38. The van der Waals surface area contributed by atoms with Gasteiger partial charge in [-0.05, 0) is 97.0 Å². The molecule has 7 aromatic rings. The Morgan fingerprint density at radius 1 is 0.827 bits per heavy atom. The predicted octanol–water partition coefficient (Wildman–Crippen LogP) is 6.32. The number of piperidine rings is 1. The SMILES string of the molecule is Cc1cc(OCCCN2CCN(CC(=O)N3CCN(c4cccc5c(C6CCC(=O)NC6=O)nn(C)c45)CC3)CC2)ccc1-c1ccc(N2CCc3cccc(C(=O)Nc4nc5ccccc5s4)c3C2)nc1C(=O)O. The number of piperazine rings is 2. The summed E-state index contributed by atoms with van der Waals surface area (Å²) in [6.45, 7) is 10.8. The molecule has 386 valence electrons. The number of carboxylic acid groups (broad SMARTS) is 1. The van der Waals surface area contributed by atoms with E-state index in [0.717, 1.165) is 88.2 Å². The molecule has 19 heteroatoms. The molecule has 3 fully saturated rings. The van der Waals surface area contributed by atoms with Crippen molar-refractivity contribution < 1.29 is 33.8 Å². The second-order valence-corrected chi connectivity index (χ2v) is 20.8. The number of para-hydroxylation sites is 2. The first-order valence-electron chi connectivity index (χ1n) is 25.7. The van der Waals surface area contributed by atoms with E-state index >= 15 is 0 Å². The molecule has 7 heterocycles. The minimum atomic E-state index is -1.12. The van der Waals surface area contributed by atoms with Gasteiger partial charge in [-0.15, -0.1) is 0 Å². The van der Waals surface area contributed by atoms with Crippen LogP contribution in [0.1, 0.15) is 68.4 Å². The number of rotatable bonds is 14. The fourth-order valence-electron chi connectivity index (χ4n) is 11.1. The van der Waals surface area contributed by atoms with Crippen LogP contribution >= 0.6 is 11.3 Å². The zero-order valence-corrected chi connectivity index (χ0v) is 42.9. The summed E-state index contributed by atoms with van der Waals surface area (Å²) < 4.78 is 9.02. The molecule has 18 nitrogen and oxygen atoms in total. The number of benzene rings is 4.